The lowest BCUT2D eigenvalue weighted by atomic mass is 10.1. The van der Waals surface area contributed by atoms with Crippen LogP contribution >= 0.6 is 11.6 Å². The molecule has 0 radical (unpaired) electrons. The topological polar surface area (TPSA) is 33.2 Å². The predicted octanol–water partition coefficient (Wildman–Crippen LogP) is 2.62. The predicted molar refractivity (Wildman–Crippen MR) is 65.4 cm³/mol. The third-order valence-electron chi connectivity index (χ3n) is 2.59. The summed E-state index contributed by atoms with van der Waals surface area (Å²) in [6.45, 7) is 2.51. The van der Waals surface area contributed by atoms with Gasteiger partial charge in [-0.25, -0.2) is 0 Å². The molecule has 1 aromatic heterocycles. The number of carbonyl (C=O) groups is 1. The van der Waals surface area contributed by atoms with Crippen LogP contribution in [0.4, 0.5) is 0 Å². The third-order valence-corrected chi connectivity index (χ3v) is 2.59. The summed E-state index contributed by atoms with van der Waals surface area (Å²) in [7, 11) is 2.19. The molecule has 3 nitrogen and oxygen atoms in total. The Morgan fingerprint density at radius 3 is 2.75 bits per heavy atom. The second-order valence-corrected chi connectivity index (χ2v) is 4.43. The number of pyridine rings is 1. The SMILES string of the molecule is CC(=O)Cl.CN1CCCC1c1cccnc1. The maximum atomic E-state index is 9.21. The molecule has 0 bridgehead atoms. The lowest BCUT2D eigenvalue weighted by Crippen LogP contribution is -2.17. The maximum absolute atomic E-state index is 9.21. The normalized spacial score (nSPS) is 20.1. The van der Waals surface area contributed by atoms with Gasteiger partial charge >= 0.3 is 0 Å². The molecule has 88 valence electrons. The van der Waals surface area contributed by atoms with Crippen LogP contribution in [0.3, 0.4) is 0 Å². The second kappa shape index (κ2) is 6.61. The highest BCUT2D eigenvalue weighted by Gasteiger charge is 2.21. The number of rotatable bonds is 1. The van der Waals surface area contributed by atoms with Gasteiger partial charge in [-0.3, -0.25) is 14.7 Å². The summed E-state index contributed by atoms with van der Waals surface area (Å²) in [5, 5.41) is -0.361. The number of aromatic nitrogens is 1. The summed E-state index contributed by atoms with van der Waals surface area (Å²) in [4.78, 5) is 15.7. The minimum Gasteiger partial charge on any atom is -0.299 e. The van der Waals surface area contributed by atoms with Gasteiger partial charge in [-0.1, -0.05) is 6.07 Å². The summed E-state index contributed by atoms with van der Waals surface area (Å²) in [5.41, 5.74) is 1.36. The molecule has 2 rings (SSSR count). The molecule has 0 aromatic carbocycles. The summed E-state index contributed by atoms with van der Waals surface area (Å²) in [6.07, 6.45) is 6.41. The lowest BCUT2D eigenvalue weighted by Gasteiger charge is -2.18. The van der Waals surface area contributed by atoms with Crippen molar-refractivity contribution in [3.8, 4) is 0 Å². The average Bonchev–Trinajstić information content (AvgIpc) is 2.65. The molecule has 1 saturated heterocycles. The Hall–Kier alpha value is -0.930. The first kappa shape index (κ1) is 13.1. The summed E-state index contributed by atoms with van der Waals surface area (Å²) >= 11 is 4.64. The molecule has 0 amide bonds. The summed E-state index contributed by atoms with van der Waals surface area (Å²) < 4.78 is 0. The molecule has 1 fully saturated rings. The van der Waals surface area contributed by atoms with Crippen molar-refractivity contribution in [3.63, 3.8) is 0 Å². The monoisotopic (exact) mass is 240 g/mol. The molecule has 1 atom stereocenters. The first-order valence-electron chi connectivity index (χ1n) is 5.37. The van der Waals surface area contributed by atoms with E-state index in [2.05, 4.69) is 34.6 Å². The van der Waals surface area contributed by atoms with Gasteiger partial charge in [0.15, 0.2) is 0 Å². The van der Waals surface area contributed by atoms with Gasteiger partial charge < -0.3 is 0 Å². The van der Waals surface area contributed by atoms with Crippen molar-refractivity contribution in [1.29, 1.82) is 0 Å². The Balaban J connectivity index is 0.000000280. The van der Waals surface area contributed by atoms with Gasteiger partial charge in [0.05, 0.1) is 0 Å². The molecule has 2 heterocycles. The Kier molecular flexibility index (Phi) is 5.43. The molecule has 1 unspecified atom stereocenters. The fraction of sp³-hybridized carbons (Fsp3) is 0.500. The zero-order valence-corrected chi connectivity index (χ0v) is 10.4. The minimum atomic E-state index is -0.361. The van der Waals surface area contributed by atoms with Gasteiger partial charge in [0.2, 0.25) is 5.24 Å². The Morgan fingerprint density at radius 1 is 1.62 bits per heavy atom. The highest BCUT2D eigenvalue weighted by Crippen LogP contribution is 2.29. The Bertz CT molecular complexity index is 325. The maximum Gasteiger partial charge on any atom is 0.218 e. The zero-order valence-electron chi connectivity index (χ0n) is 9.69. The van der Waals surface area contributed by atoms with Crippen LogP contribution in [-0.4, -0.2) is 28.7 Å². The van der Waals surface area contributed by atoms with Gasteiger partial charge in [-0.2, -0.15) is 0 Å². The van der Waals surface area contributed by atoms with Gasteiger partial charge in [0, 0.05) is 25.4 Å². The first-order chi connectivity index (χ1) is 7.61. The van der Waals surface area contributed by atoms with Crippen LogP contribution in [0.15, 0.2) is 24.5 Å². The molecule has 0 N–H and O–H groups in total. The number of hydrogen-bond donors (Lipinski definition) is 0. The molecular weight excluding hydrogens is 224 g/mol. The van der Waals surface area contributed by atoms with Crippen LogP contribution in [0.1, 0.15) is 31.4 Å². The van der Waals surface area contributed by atoms with E-state index in [1.54, 1.807) is 0 Å². The molecule has 1 aliphatic rings. The Labute approximate surface area is 101 Å². The van der Waals surface area contributed by atoms with Crippen molar-refractivity contribution in [2.45, 2.75) is 25.8 Å². The number of likely N-dealkylation sites (tertiary alicyclic amines) is 1. The van der Waals surface area contributed by atoms with Crippen LogP contribution in [0, 0.1) is 0 Å². The molecule has 0 saturated carbocycles. The summed E-state index contributed by atoms with van der Waals surface area (Å²) in [6, 6.07) is 4.79. The summed E-state index contributed by atoms with van der Waals surface area (Å²) in [5.74, 6) is 0. The molecule has 0 spiro atoms. The van der Waals surface area contributed by atoms with Crippen molar-refractivity contribution in [3.05, 3.63) is 30.1 Å². The molecule has 16 heavy (non-hydrogen) atoms. The van der Waals surface area contributed by atoms with Crippen LogP contribution in [0.2, 0.25) is 0 Å². The fourth-order valence-electron chi connectivity index (χ4n) is 1.90. The first-order valence-corrected chi connectivity index (χ1v) is 5.75. The van der Waals surface area contributed by atoms with Crippen LogP contribution in [-0.2, 0) is 4.79 Å². The highest BCUT2D eigenvalue weighted by molar-refractivity contribution is 6.62. The lowest BCUT2D eigenvalue weighted by molar-refractivity contribution is -0.109. The standard InChI is InChI=1S/C10H14N2.C2H3ClO/c1-12-7-3-5-10(12)9-4-2-6-11-8-9;1-2(3)4/h2,4,6,8,10H,3,5,7H2,1H3;1H3. The van der Waals surface area contributed by atoms with Gasteiger partial charge in [0.1, 0.15) is 0 Å². The number of carbonyl (C=O) groups excluding carboxylic acids is 1. The molecule has 4 heteroatoms. The average molecular weight is 241 g/mol. The van der Waals surface area contributed by atoms with E-state index in [4.69, 9.17) is 0 Å². The van der Waals surface area contributed by atoms with E-state index in [1.807, 2.05) is 18.5 Å². The second-order valence-electron chi connectivity index (χ2n) is 3.90. The van der Waals surface area contributed by atoms with Crippen molar-refractivity contribution in [2.75, 3.05) is 13.6 Å². The van der Waals surface area contributed by atoms with Gasteiger partial charge in [-0.15, -0.1) is 0 Å². The van der Waals surface area contributed by atoms with E-state index in [1.165, 1.54) is 31.9 Å². The third kappa shape index (κ3) is 4.29. The van der Waals surface area contributed by atoms with Gasteiger partial charge in [-0.05, 0) is 49.7 Å². The molecule has 1 aromatic rings. The number of hydrogen-bond acceptors (Lipinski definition) is 3. The van der Waals surface area contributed by atoms with Crippen molar-refractivity contribution in [1.82, 2.24) is 9.88 Å². The number of nitrogens with zero attached hydrogens (tertiary/aromatic N) is 2. The zero-order chi connectivity index (χ0) is 12.0. The minimum absolute atomic E-state index is 0.361. The fourth-order valence-corrected chi connectivity index (χ4v) is 1.90. The number of halogens is 1. The Morgan fingerprint density at radius 2 is 2.31 bits per heavy atom. The van der Waals surface area contributed by atoms with Crippen LogP contribution in [0.25, 0.3) is 0 Å². The van der Waals surface area contributed by atoms with E-state index in [0.717, 1.165) is 0 Å². The molecule has 0 aliphatic carbocycles. The van der Waals surface area contributed by atoms with Gasteiger partial charge in [0.25, 0.3) is 0 Å². The van der Waals surface area contributed by atoms with Crippen molar-refractivity contribution >= 4 is 16.8 Å². The quantitative estimate of drug-likeness (QED) is 0.708. The van der Waals surface area contributed by atoms with E-state index < -0.39 is 0 Å². The highest BCUT2D eigenvalue weighted by atomic mass is 35.5. The van der Waals surface area contributed by atoms with Crippen molar-refractivity contribution < 1.29 is 4.79 Å². The molecule has 1 aliphatic heterocycles. The van der Waals surface area contributed by atoms with Crippen LogP contribution < -0.4 is 0 Å². The largest absolute Gasteiger partial charge is 0.299 e. The van der Waals surface area contributed by atoms with E-state index in [0.29, 0.717) is 6.04 Å². The molecular formula is C12H17ClN2O. The van der Waals surface area contributed by atoms with E-state index in [-0.39, 0.29) is 5.24 Å². The van der Waals surface area contributed by atoms with E-state index in [9.17, 15) is 4.79 Å². The smallest absolute Gasteiger partial charge is 0.218 e. The van der Waals surface area contributed by atoms with Crippen molar-refractivity contribution in [2.24, 2.45) is 0 Å². The van der Waals surface area contributed by atoms with E-state index >= 15 is 0 Å². The van der Waals surface area contributed by atoms with Crippen LogP contribution in [0.5, 0.6) is 0 Å².